The molecule has 0 fully saturated rings. The molecule has 0 unspecified atom stereocenters. The van der Waals surface area contributed by atoms with Gasteiger partial charge in [-0.15, -0.1) is 0 Å². The number of carbonyl (C=O) groups is 2. The molecule has 7 nitrogen and oxygen atoms in total. The largest absolute Gasteiger partial charge is 0.486 e. The Morgan fingerprint density at radius 3 is 2.47 bits per heavy atom. The van der Waals surface area contributed by atoms with Gasteiger partial charge in [0.2, 0.25) is 0 Å². The zero-order chi connectivity index (χ0) is 20.8. The fourth-order valence-corrected chi connectivity index (χ4v) is 3.07. The number of benzene rings is 3. The van der Waals surface area contributed by atoms with Crippen LogP contribution in [0.25, 0.3) is 11.1 Å². The second kappa shape index (κ2) is 9.00. The molecule has 0 atom stereocenters. The summed E-state index contributed by atoms with van der Waals surface area (Å²) in [5, 5.41) is 0. The minimum atomic E-state index is -0.504. The van der Waals surface area contributed by atoms with Crippen molar-refractivity contribution < 1.29 is 23.8 Å². The molecule has 2 amide bonds. The van der Waals surface area contributed by atoms with Crippen LogP contribution in [0, 0.1) is 0 Å². The van der Waals surface area contributed by atoms with Crippen LogP contribution in [0.4, 0.5) is 0 Å². The van der Waals surface area contributed by atoms with Crippen LogP contribution in [0.1, 0.15) is 10.4 Å². The molecule has 0 aromatic heterocycles. The van der Waals surface area contributed by atoms with Crippen molar-refractivity contribution in [1.82, 2.24) is 10.9 Å². The van der Waals surface area contributed by atoms with Crippen molar-refractivity contribution in [2.24, 2.45) is 0 Å². The second-order valence-electron chi connectivity index (χ2n) is 6.48. The lowest BCUT2D eigenvalue weighted by atomic mass is 10.1. The fraction of sp³-hybridized carbons (Fsp3) is 0.130. The number of hydrazine groups is 1. The standard InChI is InChI=1S/C23H20N2O5/c26-21(15-30-19-11-5-4-9-17(19)16-7-2-1-3-8-16)24-25-23(27)18-10-6-12-20-22(18)29-14-13-28-20/h1-12H,13-15H2,(H,24,26)(H,25,27). The Labute approximate surface area is 173 Å². The molecule has 1 aliphatic rings. The highest BCUT2D eigenvalue weighted by atomic mass is 16.6. The average molecular weight is 404 g/mol. The summed E-state index contributed by atoms with van der Waals surface area (Å²) in [5.74, 6) is 0.445. The molecule has 1 aliphatic heterocycles. The molecule has 30 heavy (non-hydrogen) atoms. The topological polar surface area (TPSA) is 85.9 Å². The van der Waals surface area contributed by atoms with Gasteiger partial charge < -0.3 is 14.2 Å². The SMILES string of the molecule is O=C(COc1ccccc1-c1ccccc1)NNC(=O)c1cccc2c1OCCO2. The first-order chi connectivity index (χ1) is 14.7. The van der Waals surface area contributed by atoms with Crippen LogP contribution < -0.4 is 25.1 Å². The van der Waals surface area contributed by atoms with Crippen LogP contribution >= 0.6 is 0 Å². The molecular formula is C23H20N2O5. The summed E-state index contributed by atoms with van der Waals surface area (Å²) in [5.41, 5.74) is 6.88. The lowest BCUT2D eigenvalue weighted by Gasteiger charge is -2.20. The number of fused-ring (bicyclic) bond motifs is 1. The van der Waals surface area contributed by atoms with Gasteiger partial charge >= 0.3 is 0 Å². The van der Waals surface area contributed by atoms with E-state index in [-0.39, 0.29) is 12.2 Å². The summed E-state index contributed by atoms with van der Waals surface area (Å²) in [6, 6.07) is 22.2. The summed E-state index contributed by atoms with van der Waals surface area (Å²) >= 11 is 0. The van der Waals surface area contributed by atoms with Crippen molar-refractivity contribution in [3.05, 3.63) is 78.4 Å². The van der Waals surface area contributed by atoms with Crippen molar-refractivity contribution >= 4 is 11.8 Å². The molecular weight excluding hydrogens is 384 g/mol. The number of hydrogen-bond acceptors (Lipinski definition) is 5. The summed E-state index contributed by atoms with van der Waals surface area (Å²) in [4.78, 5) is 24.6. The molecule has 0 saturated heterocycles. The maximum Gasteiger partial charge on any atom is 0.276 e. The predicted molar refractivity (Wildman–Crippen MR) is 110 cm³/mol. The van der Waals surface area contributed by atoms with Gasteiger partial charge in [-0.05, 0) is 23.8 Å². The van der Waals surface area contributed by atoms with Crippen LogP contribution in [0.15, 0.2) is 72.8 Å². The Hall–Kier alpha value is -4.00. The maximum atomic E-state index is 12.4. The van der Waals surface area contributed by atoms with E-state index >= 15 is 0 Å². The van der Waals surface area contributed by atoms with Crippen LogP contribution in [-0.2, 0) is 4.79 Å². The predicted octanol–water partition coefficient (Wildman–Crippen LogP) is 2.96. The van der Waals surface area contributed by atoms with Crippen molar-refractivity contribution in [2.75, 3.05) is 19.8 Å². The van der Waals surface area contributed by atoms with E-state index in [2.05, 4.69) is 10.9 Å². The monoisotopic (exact) mass is 404 g/mol. The highest BCUT2D eigenvalue weighted by molar-refractivity contribution is 5.98. The van der Waals surface area contributed by atoms with Gasteiger partial charge in [-0.25, -0.2) is 0 Å². The third-order valence-corrected chi connectivity index (χ3v) is 4.46. The molecule has 7 heteroatoms. The van der Waals surface area contributed by atoms with E-state index in [1.165, 1.54) is 0 Å². The third kappa shape index (κ3) is 4.35. The number of hydrogen-bond donors (Lipinski definition) is 2. The lowest BCUT2D eigenvalue weighted by molar-refractivity contribution is -0.123. The van der Waals surface area contributed by atoms with Crippen molar-refractivity contribution in [1.29, 1.82) is 0 Å². The van der Waals surface area contributed by atoms with Crippen LogP contribution in [0.2, 0.25) is 0 Å². The third-order valence-electron chi connectivity index (χ3n) is 4.46. The number of carbonyl (C=O) groups excluding carboxylic acids is 2. The molecule has 0 radical (unpaired) electrons. The molecule has 0 bridgehead atoms. The Kier molecular flexibility index (Phi) is 5.80. The van der Waals surface area contributed by atoms with Crippen LogP contribution in [-0.4, -0.2) is 31.6 Å². The number of nitrogens with one attached hydrogen (secondary N) is 2. The van der Waals surface area contributed by atoms with E-state index in [1.54, 1.807) is 24.3 Å². The summed E-state index contributed by atoms with van der Waals surface area (Å²) < 4.78 is 16.7. The van der Waals surface area contributed by atoms with Crippen molar-refractivity contribution in [3.8, 4) is 28.4 Å². The quantitative estimate of drug-likeness (QED) is 0.639. The molecule has 3 aromatic carbocycles. The summed E-state index contributed by atoms with van der Waals surface area (Å²) in [6.07, 6.45) is 0. The summed E-state index contributed by atoms with van der Waals surface area (Å²) in [7, 11) is 0. The average Bonchev–Trinajstić information content (AvgIpc) is 2.81. The van der Waals surface area contributed by atoms with E-state index < -0.39 is 11.8 Å². The Bertz CT molecular complexity index is 1050. The molecule has 1 heterocycles. The van der Waals surface area contributed by atoms with Crippen molar-refractivity contribution in [2.45, 2.75) is 0 Å². The lowest BCUT2D eigenvalue weighted by Crippen LogP contribution is -2.44. The number of ether oxygens (including phenoxy) is 3. The molecule has 152 valence electrons. The number of amides is 2. The van der Waals surface area contributed by atoms with Gasteiger partial charge in [0.05, 0.1) is 5.56 Å². The first-order valence-electron chi connectivity index (χ1n) is 9.47. The minimum absolute atomic E-state index is 0.253. The van der Waals surface area contributed by atoms with Gasteiger partial charge in [-0.2, -0.15) is 0 Å². The van der Waals surface area contributed by atoms with Crippen LogP contribution in [0.5, 0.6) is 17.2 Å². The second-order valence-corrected chi connectivity index (χ2v) is 6.48. The van der Waals surface area contributed by atoms with Gasteiger partial charge in [0, 0.05) is 5.56 Å². The van der Waals surface area contributed by atoms with E-state index in [9.17, 15) is 9.59 Å². The van der Waals surface area contributed by atoms with E-state index in [1.807, 2.05) is 48.5 Å². The van der Waals surface area contributed by atoms with E-state index in [4.69, 9.17) is 14.2 Å². The zero-order valence-electron chi connectivity index (χ0n) is 16.1. The van der Waals surface area contributed by atoms with E-state index in [0.717, 1.165) is 11.1 Å². The smallest absolute Gasteiger partial charge is 0.276 e. The summed E-state index contributed by atoms with van der Waals surface area (Å²) in [6.45, 7) is 0.533. The molecule has 0 spiro atoms. The van der Waals surface area contributed by atoms with Gasteiger partial charge in [0.25, 0.3) is 11.8 Å². The maximum absolute atomic E-state index is 12.4. The van der Waals surface area contributed by atoms with Crippen molar-refractivity contribution in [3.63, 3.8) is 0 Å². The minimum Gasteiger partial charge on any atom is -0.486 e. The zero-order valence-corrected chi connectivity index (χ0v) is 16.1. The highest BCUT2D eigenvalue weighted by Crippen LogP contribution is 2.33. The Morgan fingerprint density at radius 1 is 0.833 bits per heavy atom. The van der Waals surface area contributed by atoms with Crippen LogP contribution in [0.3, 0.4) is 0 Å². The Morgan fingerprint density at radius 2 is 1.60 bits per heavy atom. The van der Waals surface area contributed by atoms with Gasteiger partial charge in [-0.1, -0.05) is 54.6 Å². The molecule has 3 aromatic rings. The number of rotatable bonds is 5. The van der Waals surface area contributed by atoms with Gasteiger partial charge in [0.15, 0.2) is 18.1 Å². The van der Waals surface area contributed by atoms with Gasteiger partial charge in [0.1, 0.15) is 19.0 Å². The molecule has 4 rings (SSSR count). The normalized spacial score (nSPS) is 12.0. The Balaban J connectivity index is 1.35. The highest BCUT2D eigenvalue weighted by Gasteiger charge is 2.20. The van der Waals surface area contributed by atoms with Gasteiger partial charge in [-0.3, -0.25) is 20.4 Å². The molecule has 0 aliphatic carbocycles. The number of para-hydroxylation sites is 2. The van der Waals surface area contributed by atoms with E-state index in [0.29, 0.717) is 30.5 Å². The first kappa shape index (κ1) is 19.3. The fourth-order valence-electron chi connectivity index (χ4n) is 3.07. The first-order valence-corrected chi connectivity index (χ1v) is 9.47. The molecule has 0 saturated carbocycles. The molecule has 2 N–H and O–H groups in total.